The van der Waals surface area contributed by atoms with Crippen LogP contribution < -0.4 is 4.74 Å². The first-order valence-electron chi connectivity index (χ1n) is 7.64. The van der Waals surface area contributed by atoms with E-state index >= 15 is 0 Å². The molecule has 1 heterocycles. The van der Waals surface area contributed by atoms with Crippen molar-refractivity contribution in [3.8, 4) is 5.75 Å². The maximum atomic E-state index is 5.74. The number of aryl methyl sites for hydroxylation is 1. The molecule has 0 bridgehead atoms. The fourth-order valence-electron chi connectivity index (χ4n) is 2.41. The van der Waals surface area contributed by atoms with Gasteiger partial charge in [-0.3, -0.25) is 0 Å². The number of rotatable bonds is 7. The smallest absolute Gasteiger partial charge is 0.169 e. The van der Waals surface area contributed by atoms with Gasteiger partial charge >= 0.3 is 0 Å². The summed E-state index contributed by atoms with van der Waals surface area (Å²) in [4.78, 5) is 4.75. The lowest BCUT2D eigenvalue weighted by Gasteiger charge is -2.08. The number of nitrogens with zero attached hydrogens (tertiary/aromatic N) is 2. The first-order chi connectivity index (χ1) is 10.9. The Morgan fingerprint density at radius 1 is 1.05 bits per heavy atom. The van der Waals surface area contributed by atoms with Gasteiger partial charge in [0.05, 0.1) is 17.6 Å². The number of hydrogen-bond acceptors (Lipinski definition) is 3. The van der Waals surface area contributed by atoms with E-state index in [-0.39, 0.29) is 0 Å². The van der Waals surface area contributed by atoms with Gasteiger partial charge in [0, 0.05) is 12.3 Å². The van der Waals surface area contributed by atoms with E-state index in [2.05, 4.69) is 29.7 Å². The maximum Gasteiger partial charge on any atom is 0.169 e. The summed E-state index contributed by atoms with van der Waals surface area (Å²) >= 11 is 1.76. The Morgan fingerprint density at radius 2 is 1.82 bits per heavy atom. The molecule has 0 unspecified atom stereocenters. The number of thioether (sulfide) groups is 1. The zero-order valence-electron chi connectivity index (χ0n) is 12.7. The molecule has 22 heavy (non-hydrogen) atoms. The monoisotopic (exact) mass is 312 g/mol. The van der Waals surface area contributed by atoms with E-state index < -0.39 is 0 Å². The molecule has 0 aliphatic heterocycles. The van der Waals surface area contributed by atoms with Crippen LogP contribution in [-0.2, 0) is 6.54 Å². The molecule has 1 aromatic heterocycles. The van der Waals surface area contributed by atoms with Gasteiger partial charge in [-0.1, -0.05) is 49.0 Å². The van der Waals surface area contributed by atoms with Crippen molar-refractivity contribution in [1.82, 2.24) is 9.55 Å². The van der Waals surface area contributed by atoms with Gasteiger partial charge in [-0.25, -0.2) is 4.98 Å². The molecule has 0 fully saturated rings. The Morgan fingerprint density at radius 3 is 2.64 bits per heavy atom. The minimum atomic E-state index is 0.685. The minimum Gasteiger partial charge on any atom is -0.493 e. The van der Waals surface area contributed by atoms with Gasteiger partial charge < -0.3 is 9.30 Å². The van der Waals surface area contributed by atoms with Crippen molar-refractivity contribution < 1.29 is 4.74 Å². The molecule has 3 aromatic rings. The molecule has 0 saturated heterocycles. The third kappa shape index (κ3) is 3.45. The van der Waals surface area contributed by atoms with E-state index in [1.54, 1.807) is 11.8 Å². The molecule has 0 saturated carbocycles. The molecule has 2 aromatic carbocycles. The number of benzene rings is 2. The Kier molecular flexibility index (Phi) is 5.01. The van der Waals surface area contributed by atoms with Gasteiger partial charge in [0.25, 0.3) is 0 Å². The summed E-state index contributed by atoms with van der Waals surface area (Å²) in [6.07, 6.45) is 1.11. The van der Waals surface area contributed by atoms with Crippen LogP contribution in [0.15, 0.2) is 59.8 Å². The summed E-state index contributed by atoms with van der Waals surface area (Å²) in [6.45, 7) is 3.88. The van der Waals surface area contributed by atoms with Crippen LogP contribution in [0.5, 0.6) is 5.75 Å². The summed E-state index contributed by atoms with van der Waals surface area (Å²) in [7, 11) is 0. The molecule has 0 spiro atoms. The first-order valence-corrected chi connectivity index (χ1v) is 8.63. The summed E-state index contributed by atoms with van der Waals surface area (Å²) in [6, 6.07) is 18.3. The van der Waals surface area contributed by atoms with E-state index in [1.807, 2.05) is 36.4 Å². The Balaban J connectivity index is 1.64. The number of aromatic nitrogens is 2. The maximum absolute atomic E-state index is 5.74. The normalized spacial score (nSPS) is 11.0. The van der Waals surface area contributed by atoms with Crippen LogP contribution in [0, 0.1) is 0 Å². The van der Waals surface area contributed by atoms with E-state index in [0.29, 0.717) is 6.61 Å². The Hall–Kier alpha value is -1.94. The zero-order chi connectivity index (χ0) is 15.2. The van der Waals surface area contributed by atoms with E-state index in [9.17, 15) is 0 Å². The van der Waals surface area contributed by atoms with Crippen LogP contribution in [0.1, 0.15) is 13.3 Å². The predicted octanol–water partition coefficient (Wildman–Crippen LogP) is 4.62. The molecule has 0 aliphatic carbocycles. The van der Waals surface area contributed by atoms with Crippen molar-refractivity contribution >= 4 is 22.8 Å². The first kappa shape index (κ1) is 15.0. The van der Waals surface area contributed by atoms with Gasteiger partial charge in [-0.05, 0) is 30.7 Å². The van der Waals surface area contributed by atoms with Crippen molar-refractivity contribution in [2.24, 2.45) is 0 Å². The number of hydrogen-bond donors (Lipinski definition) is 0. The standard InChI is InChI=1S/C18H20N2OS/c1-2-12-20-17-11-7-6-10-16(17)19-18(20)22-14-13-21-15-8-4-3-5-9-15/h3-11H,2,12-14H2,1H3. The molecule has 0 amide bonds. The van der Waals surface area contributed by atoms with Crippen molar-refractivity contribution in [2.45, 2.75) is 25.0 Å². The second-order valence-electron chi connectivity index (χ2n) is 5.04. The third-order valence-corrected chi connectivity index (χ3v) is 4.33. The van der Waals surface area contributed by atoms with Crippen molar-refractivity contribution in [1.29, 1.82) is 0 Å². The highest BCUT2D eigenvalue weighted by Gasteiger charge is 2.09. The zero-order valence-corrected chi connectivity index (χ0v) is 13.6. The number of para-hydroxylation sites is 3. The van der Waals surface area contributed by atoms with Crippen LogP contribution in [0.3, 0.4) is 0 Å². The van der Waals surface area contributed by atoms with Crippen LogP contribution in [0.25, 0.3) is 11.0 Å². The topological polar surface area (TPSA) is 27.1 Å². The molecule has 114 valence electrons. The third-order valence-electron chi connectivity index (χ3n) is 3.39. The second-order valence-corrected chi connectivity index (χ2v) is 6.11. The minimum absolute atomic E-state index is 0.685. The second kappa shape index (κ2) is 7.36. The Labute approximate surface area is 135 Å². The van der Waals surface area contributed by atoms with Gasteiger partial charge in [0.2, 0.25) is 0 Å². The molecule has 0 atom stereocenters. The fourth-order valence-corrected chi connectivity index (χ4v) is 3.27. The van der Waals surface area contributed by atoms with Gasteiger partial charge in [0.1, 0.15) is 5.75 Å². The predicted molar refractivity (Wildman–Crippen MR) is 92.7 cm³/mol. The van der Waals surface area contributed by atoms with E-state index in [1.165, 1.54) is 5.52 Å². The highest BCUT2D eigenvalue weighted by molar-refractivity contribution is 7.99. The van der Waals surface area contributed by atoms with Crippen LogP contribution in [-0.4, -0.2) is 21.9 Å². The van der Waals surface area contributed by atoms with Crippen molar-refractivity contribution in [3.63, 3.8) is 0 Å². The molecule has 0 radical (unpaired) electrons. The van der Waals surface area contributed by atoms with E-state index in [4.69, 9.17) is 9.72 Å². The molecule has 0 N–H and O–H groups in total. The molecular weight excluding hydrogens is 292 g/mol. The average Bonchev–Trinajstić information content (AvgIpc) is 2.91. The van der Waals surface area contributed by atoms with Crippen LogP contribution >= 0.6 is 11.8 Å². The lowest BCUT2D eigenvalue weighted by Crippen LogP contribution is -2.03. The summed E-state index contributed by atoms with van der Waals surface area (Å²) < 4.78 is 8.05. The molecule has 0 aliphatic rings. The average molecular weight is 312 g/mol. The van der Waals surface area contributed by atoms with Crippen LogP contribution in [0.4, 0.5) is 0 Å². The highest BCUT2D eigenvalue weighted by atomic mass is 32.2. The molecule has 3 rings (SSSR count). The quantitative estimate of drug-likeness (QED) is 0.470. The van der Waals surface area contributed by atoms with Crippen molar-refractivity contribution in [3.05, 3.63) is 54.6 Å². The van der Waals surface area contributed by atoms with Crippen LogP contribution in [0.2, 0.25) is 0 Å². The summed E-state index contributed by atoms with van der Waals surface area (Å²) in [5.74, 6) is 1.81. The largest absolute Gasteiger partial charge is 0.493 e. The molecule has 4 heteroatoms. The summed E-state index contributed by atoms with van der Waals surface area (Å²) in [5.41, 5.74) is 2.29. The summed E-state index contributed by atoms with van der Waals surface area (Å²) in [5, 5.41) is 1.08. The molecule has 3 nitrogen and oxygen atoms in total. The number of imidazole rings is 1. The number of fused-ring (bicyclic) bond motifs is 1. The van der Waals surface area contributed by atoms with Gasteiger partial charge in [-0.2, -0.15) is 0 Å². The van der Waals surface area contributed by atoms with Crippen molar-refractivity contribution in [2.75, 3.05) is 12.4 Å². The van der Waals surface area contributed by atoms with E-state index in [0.717, 1.165) is 35.1 Å². The SMILES string of the molecule is CCCn1c(SCCOc2ccccc2)nc2ccccc21. The number of ether oxygens (including phenoxy) is 1. The lowest BCUT2D eigenvalue weighted by atomic mass is 10.3. The highest BCUT2D eigenvalue weighted by Crippen LogP contribution is 2.24. The Bertz CT molecular complexity index is 724. The van der Waals surface area contributed by atoms with Gasteiger partial charge in [-0.15, -0.1) is 0 Å². The van der Waals surface area contributed by atoms with Gasteiger partial charge in [0.15, 0.2) is 5.16 Å². The fraction of sp³-hybridized carbons (Fsp3) is 0.278. The lowest BCUT2D eigenvalue weighted by molar-refractivity contribution is 0.344. The molecular formula is C18H20N2OS.